The minimum absolute atomic E-state index is 0.00251. The number of unbranched alkanes of at least 4 members (excludes halogenated alkanes) is 1. The van der Waals surface area contributed by atoms with Crippen molar-refractivity contribution in [2.24, 2.45) is 46.3 Å². The molecule has 8 atom stereocenters. The van der Waals surface area contributed by atoms with Gasteiger partial charge in [0.2, 0.25) is 5.91 Å². The predicted molar refractivity (Wildman–Crippen MR) is 273 cm³/mol. The van der Waals surface area contributed by atoms with Crippen LogP contribution in [0.1, 0.15) is 206 Å². The molecule has 0 aliphatic heterocycles. The Kier molecular flexibility index (Phi) is 21.2. The molecule has 69 heavy (non-hydrogen) atoms. The summed E-state index contributed by atoms with van der Waals surface area (Å²) in [4.78, 5) is 68.7. The van der Waals surface area contributed by atoms with E-state index in [9.17, 15) is 24.0 Å². The molecule has 0 spiro atoms. The summed E-state index contributed by atoms with van der Waals surface area (Å²) >= 11 is 0. The van der Waals surface area contributed by atoms with Crippen LogP contribution in [0, 0.1) is 46.3 Å². The number of esters is 1. The number of allylic oxidation sites excluding steroid dienone is 1. The maximum Gasteiger partial charge on any atom is 0.410 e. The van der Waals surface area contributed by atoms with E-state index in [1.807, 2.05) is 41.5 Å². The highest BCUT2D eigenvalue weighted by molar-refractivity contribution is 5.81. The molecule has 0 heterocycles. The number of nitrogens with zero attached hydrogens (tertiary/aromatic N) is 2. The summed E-state index contributed by atoms with van der Waals surface area (Å²) in [5, 5.41) is 5.53. The van der Waals surface area contributed by atoms with Crippen LogP contribution in [0.5, 0.6) is 0 Å². The van der Waals surface area contributed by atoms with E-state index in [2.05, 4.69) is 51.3 Å². The van der Waals surface area contributed by atoms with Crippen LogP contribution in [0.15, 0.2) is 11.6 Å². The fourth-order valence-electron chi connectivity index (χ4n) is 12.1. The summed E-state index contributed by atoms with van der Waals surface area (Å²) in [6.07, 6.45) is 16.5. The molecule has 396 valence electrons. The average molecular weight is 971 g/mol. The molecule has 13 heteroatoms. The Morgan fingerprint density at radius 3 is 1.81 bits per heavy atom. The van der Waals surface area contributed by atoms with Crippen molar-refractivity contribution in [1.29, 1.82) is 0 Å². The Balaban J connectivity index is 1.37. The van der Waals surface area contributed by atoms with Gasteiger partial charge in [-0.1, -0.05) is 72.0 Å². The van der Waals surface area contributed by atoms with Crippen molar-refractivity contribution in [3.8, 4) is 0 Å². The SMILES string of the molecule is CC(C)CCC[C@@H](C)C1C=C2CC(OC(=O)CCC(=O)N(CCCCN(CCCNC(=O)OC(C)(C)C)C(=O)OC(C)(C)C)CCCNC(=O)OC(C)(C)C)CCC2(C)C2CCC3(C)CCCC3C12. The molecule has 4 amide bonds. The van der Waals surface area contributed by atoms with Gasteiger partial charge in [0.25, 0.3) is 0 Å². The lowest BCUT2D eigenvalue weighted by molar-refractivity contribution is -0.153. The molecule has 0 aromatic rings. The molecule has 2 N–H and O–H groups in total. The zero-order valence-corrected chi connectivity index (χ0v) is 46.0. The number of nitrogens with one attached hydrogen (secondary N) is 2. The number of hydrogen-bond donors (Lipinski definition) is 2. The first-order valence-electron chi connectivity index (χ1n) is 27.2. The van der Waals surface area contributed by atoms with Gasteiger partial charge >= 0.3 is 24.2 Å². The second-order valence-corrected chi connectivity index (χ2v) is 25.3. The van der Waals surface area contributed by atoms with Crippen LogP contribution in [-0.4, -0.2) is 102 Å². The normalized spacial score (nSPS) is 26.1. The highest BCUT2D eigenvalue weighted by atomic mass is 16.6. The number of carbonyl (C=O) groups excluding carboxylic acids is 5. The van der Waals surface area contributed by atoms with Crippen molar-refractivity contribution in [2.45, 2.75) is 229 Å². The van der Waals surface area contributed by atoms with Crippen LogP contribution in [0.4, 0.5) is 14.4 Å². The quantitative estimate of drug-likeness (QED) is 0.0467. The topological polar surface area (TPSA) is 153 Å². The monoisotopic (exact) mass is 971 g/mol. The smallest absolute Gasteiger partial charge is 0.410 e. The van der Waals surface area contributed by atoms with Crippen molar-refractivity contribution in [2.75, 3.05) is 39.3 Å². The Bertz CT molecular complexity index is 1730. The average Bonchev–Trinajstić information content (AvgIpc) is 3.62. The largest absolute Gasteiger partial charge is 0.462 e. The van der Waals surface area contributed by atoms with E-state index < -0.39 is 35.1 Å². The molecule has 0 bridgehead atoms. The predicted octanol–water partition coefficient (Wildman–Crippen LogP) is 12.4. The molecule has 0 aromatic carbocycles. The van der Waals surface area contributed by atoms with Crippen molar-refractivity contribution < 1.29 is 42.9 Å². The molecule has 0 aromatic heterocycles. The third-order valence-electron chi connectivity index (χ3n) is 15.5. The highest BCUT2D eigenvalue weighted by Crippen LogP contribution is 2.67. The molecule has 3 saturated carbocycles. The summed E-state index contributed by atoms with van der Waals surface area (Å²) in [6, 6.07) is 0. The van der Waals surface area contributed by atoms with Gasteiger partial charge in [-0.25, -0.2) is 14.4 Å². The number of alkyl carbamates (subject to hydrolysis) is 2. The second kappa shape index (κ2) is 25.2. The van der Waals surface area contributed by atoms with E-state index in [4.69, 9.17) is 18.9 Å². The fraction of sp³-hybridized carbons (Fsp3) is 0.875. The molecule has 0 radical (unpaired) electrons. The number of hydrogen-bond acceptors (Lipinski definition) is 9. The van der Waals surface area contributed by atoms with Gasteiger partial charge in [-0.05, 0) is 173 Å². The van der Waals surface area contributed by atoms with Crippen LogP contribution in [0.2, 0.25) is 0 Å². The molecule has 0 saturated heterocycles. The van der Waals surface area contributed by atoms with E-state index in [-0.39, 0.29) is 36.2 Å². The van der Waals surface area contributed by atoms with E-state index >= 15 is 0 Å². The van der Waals surface area contributed by atoms with Gasteiger partial charge in [-0.2, -0.15) is 0 Å². The van der Waals surface area contributed by atoms with Crippen LogP contribution in [-0.2, 0) is 28.5 Å². The third-order valence-corrected chi connectivity index (χ3v) is 15.5. The number of fused-ring (bicyclic) bond motifs is 5. The fourth-order valence-corrected chi connectivity index (χ4v) is 12.1. The van der Waals surface area contributed by atoms with Gasteiger partial charge < -0.3 is 39.4 Å². The van der Waals surface area contributed by atoms with E-state index in [0.717, 1.165) is 37.0 Å². The zero-order valence-electron chi connectivity index (χ0n) is 46.0. The first kappa shape index (κ1) is 58.1. The Morgan fingerprint density at radius 1 is 0.667 bits per heavy atom. The van der Waals surface area contributed by atoms with Gasteiger partial charge in [0.1, 0.15) is 22.9 Å². The van der Waals surface area contributed by atoms with E-state index in [1.165, 1.54) is 56.9 Å². The van der Waals surface area contributed by atoms with Crippen LogP contribution >= 0.6 is 0 Å². The minimum atomic E-state index is -0.683. The summed E-state index contributed by atoms with van der Waals surface area (Å²) < 4.78 is 22.7. The summed E-state index contributed by atoms with van der Waals surface area (Å²) in [7, 11) is 0. The van der Waals surface area contributed by atoms with Crippen LogP contribution in [0.3, 0.4) is 0 Å². The minimum Gasteiger partial charge on any atom is -0.462 e. The third kappa shape index (κ3) is 18.6. The van der Waals surface area contributed by atoms with Gasteiger partial charge in [-0.3, -0.25) is 9.59 Å². The molecule has 13 nitrogen and oxygen atoms in total. The van der Waals surface area contributed by atoms with Crippen molar-refractivity contribution in [3.05, 3.63) is 11.6 Å². The molecular weight excluding hydrogens is 873 g/mol. The standard InChI is InChI=1S/C56H98N4O9/c1-39(2)21-17-22-40(3)43-38-41-37-42(26-30-56(41,14)45-27-29-55(13)28-18-23-44(55)48(43)45)66-47(62)25-24-46(61)59(35-19-31-57-49(63)67-52(4,5)6)33-15-16-34-60(51(65)69-54(10,11)12)36-20-32-58-50(64)68-53(7,8)9/h38-40,42-45,48H,15-37H2,1-14H3,(H,57,63)(H,58,64)/t40-,42?,43?,44?,45?,48?,55?,56?/m1/s1. The Morgan fingerprint density at radius 2 is 1.23 bits per heavy atom. The van der Waals surface area contributed by atoms with E-state index in [1.54, 1.807) is 30.6 Å². The summed E-state index contributed by atoms with van der Waals surface area (Å²) in [5.74, 6) is 3.66. The second-order valence-electron chi connectivity index (χ2n) is 25.3. The summed E-state index contributed by atoms with van der Waals surface area (Å²) in [6.45, 7) is 30.8. The molecule has 4 aliphatic carbocycles. The lowest BCUT2D eigenvalue weighted by Gasteiger charge is -2.60. The van der Waals surface area contributed by atoms with Gasteiger partial charge in [-0.15, -0.1) is 0 Å². The number of amides is 4. The molecular formula is C56H98N4O9. The van der Waals surface area contributed by atoms with Gasteiger partial charge in [0.15, 0.2) is 0 Å². The number of carbonyl (C=O) groups is 5. The Hall–Kier alpha value is -3.51. The number of ether oxygens (including phenoxy) is 4. The number of rotatable bonds is 22. The lowest BCUT2D eigenvalue weighted by atomic mass is 9.45. The molecule has 4 rings (SSSR count). The van der Waals surface area contributed by atoms with Gasteiger partial charge in [0.05, 0.1) is 6.42 Å². The van der Waals surface area contributed by atoms with Crippen molar-refractivity contribution in [1.82, 2.24) is 20.4 Å². The molecule has 7 unspecified atom stereocenters. The molecule has 4 aliphatic rings. The lowest BCUT2D eigenvalue weighted by Crippen LogP contribution is -2.53. The first-order valence-corrected chi connectivity index (χ1v) is 27.2. The summed E-state index contributed by atoms with van der Waals surface area (Å²) in [5.41, 5.74) is 0.208. The van der Waals surface area contributed by atoms with Gasteiger partial charge in [0, 0.05) is 52.1 Å². The van der Waals surface area contributed by atoms with Crippen LogP contribution in [0.25, 0.3) is 0 Å². The zero-order chi connectivity index (χ0) is 51.4. The molecule has 3 fully saturated rings. The van der Waals surface area contributed by atoms with Crippen LogP contribution < -0.4 is 10.6 Å². The van der Waals surface area contributed by atoms with Crippen molar-refractivity contribution in [3.63, 3.8) is 0 Å². The Labute approximate surface area is 418 Å². The highest BCUT2D eigenvalue weighted by Gasteiger charge is 2.59. The first-order chi connectivity index (χ1) is 32.1. The van der Waals surface area contributed by atoms with Crippen molar-refractivity contribution >= 4 is 30.2 Å². The maximum absolute atomic E-state index is 13.9. The maximum atomic E-state index is 13.9. The van der Waals surface area contributed by atoms with E-state index in [0.29, 0.717) is 88.1 Å².